The van der Waals surface area contributed by atoms with Crippen LogP contribution in [0.25, 0.3) is 0 Å². The summed E-state index contributed by atoms with van der Waals surface area (Å²) in [6.45, 7) is 7.66. The standard InChI is InChI=1S/C21H25NO4/c1-4-22(12-16-5-10-19-20(11-16)26-14-25-19)21(23)13-24-18-8-6-17(7-9-18)15(2)3/h5-11,15H,4,12-14H2,1-3H3. The predicted molar refractivity (Wildman–Crippen MR) is 99.7 cm³/mol. The van der Waals surface area contributed by atoms with E-state index in [0.29, 0.717) is 24.8 Å². The lowest BCUT2D eigenvalue weighted by Gasteiger charge is -2.21. The van der Waals surface area contributed by atoms with Crippen molar-refractivity contribution in [3.05, 3.63) is 53.6 Å². The van der Waals surface area contributed by atoms with Gasteiger partial charge in [-0.25, -0.2) is 0 Å². The Morgan fingerprint density at radius 1 is 1.12 bits per heavy atom. The molecule has 1 amide bonds. The molecule has 0 atom stereocenters. The van der Waals surface area contributed by atoms with E-state index in [4.69, 9.17) is 14.2 Å². The minimum atomic E-state index is -0.0434. The van der Waals surface area contributed by atoms with Gasteiger partial charge in [-0.15, -0.1) is 0 Å². The van der Waals surface area contributed by atoms with Crippen molar-refractivity contribution in [3.8, 4) is 17.2 Å². The third-order valence-corrected chi connectivity index (χ3v) is 4.45. The maximum Gasteiger partial charge on any atom is 0.260 e. The first-order valence-electron chi connectivity index (χ1n) is 8.96. The molecule has 0 aromatic heterocycles. The molecule has 2 aromatic rings. The van der Waals surface area contributed by atoms with E-state index in [1.165, 1.54) is 5.56 Å². The number of benzene rings is 2. The molecule has 5 heteroatoms. The fraction of sp³-hybridized carbons (Fsp3) is 0.381. The second-order valence-corrected chi connectivity index (χ2v) is 6.61. The third-order valence-electron chi connectivity index (χ3n) is 4.45. The molecule has 0 saturated heterocycles. The van der Waals surface area contributed by atoms with Gasteiger partial charge in [0.2, 0.25) is 6.79 Å². The van der Waals surface area contributed by atoms with Gasteiger partial charge in [0.1, 0.15) is 5.75 Å². The second kappa shape index (κ2) is 8.13. The molecular formula is C21H25NO4. The molecule has 5 nitrogen and oxygen atoms in total. The Morgan fingerprint density at radius 2 is 1.85 bits per heavy atom. The molecule has 138 valence electrons. The number of rotatable bonds is 7. The summed E-state index contributed by atoms with van der Waals surface area (Å²) in [6.07, 6.45) is 0. The maximum atomic E-state index is 12.5. The summed E-state index contributed by atoms with van der Waals surface area (Å²) < 4.78 is 16.4. The van der Waals surface area contributed by atoms with E-state index in [0.717, 1.165) is 17.1 Å². The molecular weight excluding hydrogens is 330 g/mol. The summed E-state index contributed by atoms with van der Waals surface area (Å²) >= 11 is 0. The van der Waals surface area contributed by atoms with Crippen LogP contribution in [0.5, 0.6) is 17.2 Å². The van der Waals surface area contributed by atoms with Crippen LogP contribution in [0.1, 0.15) is 37.8 Å². The predicted octanol–water partition coefficient (Wildman–Crippen LogP) is 3.97. The van der Waals surface area contributed by atoms with Gasteiger partial charge >= 0.3 is 0 Å². The molecule has 1 aliphatic rings. The van der Waals surface area contributed by atoms with E-state index >= 15 is 0 Å². The summed E-state index contributed by atoms with van der Waals surface area (Å²) in [7, 11) is 0. The van der Waals surface area contributed by atoms with Gasteiger partial charge in [-0.1, -0.05) is 32.0 Å². The Labute approximate surface area is 154 Å². The summed E-state index contributed by atoms with van der Waals surface area (Å²) in [5, 5.41) is 0. The molecule has 2 aromatic carbocycles. The highest BCUT2D eigenvalue weighted by Crippen LogP contribution is 2.32. The number of hydrogen-bond acceptors (Lipinski definition) is 4. The van der Waals surface area contributed by atoms with Gasteiger partial charge in [0, 0.05) is 13.1 Å². The van der Waals surface area contributed by atoms with Crippen LogP contribution >= 0.6 is 0 Å². The zero-order chi connectivity index (χ0) is 18.5. The third kappa shape index (κ3) is 4.28. The number of ether oxygens (including phenoxy) is 3. The van der Waals surface area contributed by atoms with Crippen LogP contribution in [0.15, 0.2) is 42.5 Å². The number of likely N-dealkylation sites (N-methyl/N-ethyl adjacent to an activating group) is 1. The Morgan fingerprint density at radius 3 is 2.54 bits per heavy atom. The molecule has 0 radical (unpaired) electrons. The number of fused-ring (bicyclic) bond motifs is 1. The molecule has 0 bridgehead atoms. The zero-order valence-electron chi connectivity index (χ0n) is 15.5. The minimum absolute atomic E-state index is 0.0272. The highest BCUT2D eigenvalue weighted by molar-refractivity contribution is 5.77. The van der Waals surface area contributed by atoms with Crippen LogP contribution < -0.4 is 14.2 Å². The van der Waals surface area contributed by atoms with E-state index in [1.54, 1.807) is 4.90 Å². The molecule has 1 heterocycles. The van der Waals surface area contributed by atoms with Gasteiger partial charge < -0.3 is 19.1 Å². The molecule has 0 saturated carbocycles. The van der Waals surface area contributed by atoms with Gasteiger partial charge in [-0.05, 0) is 48.2 Å². The molecule has 0 spiro atoms. The largest absolute Gasteiger partial charge is 0.484 e. The van der Waals surface area contributed by atoms with Crippen LogP contribution in [-0.2, 0) is 11.3 Å². The lowest BCUT2D eigenvalue weighted by atomic mass is 10.0. The summed E-state index contributed by atoms with van der Waals surface area (Å²) in [5.74, 6) is 2.62. The van der Waals surface area contributed by atoms with E-state index in [2.05, 4.69) is 13.8 Å². The Hall–Kier alpha value is -2.69. The topological polar surface area (TPSA) is 48.0 Å². The zero-order valence-corrected chi connectivity index (χ0v) is 15.5. The van der Waals surface area contributed by atoms with Gasteiger partial charge in [-0.2, -0.15) is 0 Å². The molecule has 0 aliphatic carbocycles. The minimum Gasteiger partial charge on any atom is -0.484 e. The summed E-state index contributed by atoms with van der Waals surface area (Å²) in [6, 6.07) is 13.7. The van der Waals surface area contributed by atoms with E-state index in [-0.39, 0.29) is 19.3 Å². The average molecular weight is 355 g/mol. The molecule has 3 rings (SSSR count). The van der Waals surface area contributed by atoms with E-state index in [1.807, 2.05) is 49.4 Å². The van der Waals surface area contributed by atoms with Crippen LogP contribution in [0.2, 0.25) is 0 Å². The first kappa shape index (κ1) is 18.1. The van der Waals surface area contributed by atoms with Crippen LogP contribution in [0.4, 0.5) is 0 Å². The van der Waals surface area contributed by atoms with Crippen molar-refractivity contribution in [3.63, 3.8) is 0 Å². The number of carbonyl (C=O) groups is 1. The van der Waals surface area contributed by atoms with Crippen LogP contribution in [0.3, 0.4) is 0 Å². The highest BCUT2D eigenvalue weighted by atomic mass is 16.7. The van der Waals surface area contributed by atoms with Crippen molar-refractivity contribution in [2.75, 3.05) is 19.9 Å². The Bertz CT molecular complexity index is 755. The lowest BCUT2D eigenvalue weighted by Crippen LogP contribution is -2.34. The second-order valence-electron chi connectivity index (χ2n) is 6.61. The average Bonchev–Trinajstić information content (AvgIpc) is 3.12. The Kier molecular flexibility index (Phi) is 5.66. The first-order valence-corrected chi connectivity index (χ1v) is 8.96. The van der Waals surface area contributed by atoms with Gasteiger partial charge in [-0.3, -0.25) is 4.79 Å². The highest BCUT2D eigenvalue weighted by Gasteiger charge is 2.17. The fourth-order valence-electron chi connectivity index (χ4n) is 2.82. The SMILES string of the molecule is CCN(Cc1ccc2c(c1)OCO2)C(=O)COc1ccc(C(C)C)cc1. The molecule has 0 unspecified atom stereocenters. The fourth-order valence-corrected chi connectivity index (χ4v) is 2.82. The number of nitrogens with zero attached hydrogens (tertiary/aromatic N) is 1. The van der Waals surface area contributed by atoms with Crippen molar-refractivity contribution in [2.45, 2.75) is 33.2 Å². The number of amides is 1. The van der Waals surface area contributed by atoms with E-state index in [9.17, 15) is 4.79 Å². The molecule has 1 aliphatic heterocycles. The van der Waals surface area contributed by atoms with E-state index < -0.39 is 0 Å². The lowest BCUT2D eigenvalue weighted by molar-refractivity contribution is -0.133. The van der Waals surface area contributed by atoms with Crippen molar-refractivity contribution in [1.82, 2.24) is 4.90 Å². The van der Waals surface area contributed by atoms with Crippen molar-refractivity contribution < 1.29 is 19.0 Å². The molecule has 0 N–H and O–H groups in total. The van der Waals surface area contributed by atoms with Gasteiger partial charge in [0.05, 0.1) is 0 Å². The monoisotopic (exact) mass is 355 g/mol. The van der Waals surface area contributed by atoms with Crippen LogP contribution in [-0.4, -0.2) is 30.8 Å². The summed E-state index contributed by atoms with van der Waals surface area (Å²) in [5.41, 5.74) is 2.26. The van der Waals surface area contributed by atoms with Crippen molar-refractivity contribution in [2.24, 2.45) is 0 Å². The quantitative estimate of drug-likeness (QED) is 0.754. The number of hydrogen-bond donors (Lipinski definition) is 0. The maximum absolute atomic E-state index is 12.5. The number of carbonyl (C=O) groups excluding carboxylic acids is 1. The Balaban J connectivity index is 1.56. The van der Waals surface area contributed by atoms with Crippen LogP contribution in [0, 0.1) is 0 Å². The first-order chi connectivity index (χ1) is 12.6. The summed E-state index contributed by atoms with van der Waals surface area (Å²) in [4.78, 5) is 14.3. The smallest absolute Gasteiger partial charge is 0.260 e. The van der Waals surface area contributed by atoms with Crippen molar-refractivity contribution in [1.29, 1.82) is 0 Å². The molecule has 26 heavy (non-hydrogen) atoms. The van der Waals surface area contributed by atoms with Crippen molar-refractivity contribution >= 4 is 5.91 Å². The van der Waals surface area contributed by atoms with Gasteiger partial charge in [0.15, 0.2) is 18.1 Å². The molecule has 0 fully saturated rings. The normalized spacial score (nSPS) is 12.3. The van der Waals surface area contributed by atoms with Gasteiger partial charge in [0.25, 0.3) is 5.91 Å².